The van der Waals surface area contributed by atoms with E-state index < -0.39 is 0 Å². The number of aromatic nitrogens is 1. The number of hydrogen-bond donors (Lipinski definition) is 1. The smallest absolute Gasteiger partial charge is 0.236 e. The molecule has 5 nitrogen and oxygen atoms in total. The normalized spacial score (nSPS) is 16.8. The van der Waals surface area contributed by atoms with E-state index in [1.807, 2.05) is 10.3 Å². The molecule has 0 spiro atoms. The van der Waals surface area contributed by atoms with Crippen LogP contribution in [-0.4, -0.2) is 45.8 Å². The summed E-state index contributed by atoms with van der Waals surface area (Å²) in [7, 11) is 0. The molecule has 2 heterocycles. The van der Waals surface area contributed by atoms with Crippen molar-refractivity contribution in [2.24, 2.45) is 0 Å². The van der Waals surface area contributed by atoms with E-state index in [0.29, 0.717) is 16.9 Å². The van der Waals surface area contributed by atoms with Gasteiger partial charge in [-0.1, -0.05) is 23.8 Å². The van der Waals surface area contributed by atoms with E-state index in [9.17, 15) is 9.59 Å². The van der Waals surface area contributed by atoms with Gasteiger partial charge in [-0.15, -0.1) is 23.1 Å². The van der Waals surface area contributed by atoms with E-state index in [0.717, 1.165) is 30.6 Å². The standard InChI is InChI=1S/C21H27N3O2S2/c1-14-7-8-17(15(2)10-14)18-11-28-21(22-18)23-19(25)12-27-13-20(26)24-9-5-4-6-16(24)3/h7-8,10-11,16H,4-6,9,12-13H2,1-3H3,(H,22,23,25)/t16-/m0/s1. The molecule has 3 rings (SSSR count). The largest absolute Gasteiger partial charge is 0.339 e. The number of amides is 2. The molecule has 1 N–H and O–H groups in total. The van der Waals surface area contributed by atoms with Gasteiger partial charge in [-0.25, -0.2) is 4.98 Å². The summed E-state index contributed by atoms with van der Waals surface area (Å²) in [6.45, 7) is 7.08. The van der Waals surface area contributed by atoms with Crippen molar-refractivity contribution >= 4 is 40.0 Å². The number of benzene rings is 1. The number of aryl methyl sites for hydroxylation is 2. The third kappa shape index (κ3) is 5.35. The van der Waals surface area contributed by atoms with Gasteiger partial charge in [0.25, 0.3) is 0 Å². The molecule has 7 heteroatoms. The third-order valence-electron chi connectivity index (χ3n) is 4.99. The molecule has 2 amide bonds. The number of piperidine rings is 1. The fourth-order valence-corrected chi connectivity index (χ4v) is 4.92. The summed E-state index contributed by atoms with van der Waals surface area (Å²) >= 11 is 2.79. The van der Waals surface area contributed by atoms with E-state index in [1.165, 1.54) is 40.6 Å². The van der Waals surface area contributed by atoms with Crippen molar-refractivity contribution in [3.05, 3.63) is 34.7 Å². The predicted octanol–water partition coefficient (Wildman–Crippen LogP) is 4.50. The Hall–Kier alpha value is -1.86. The summed E-state index contributed by atoms with van der Waals surface area (Å²) in [5.41, 5.74) is 4.34. The summed E-state index contributed by atoms with van der Waals surface area (Å²) in [6, 6.07) is 6.57. The molecule has 0 aliphatic carbocycles. The van der Waals surface area contributed by atoms with Crippen molar-refractivity contribution in [2.75, 3.05) is 23.4 Å². The Kier molecular flexibility index (Phi) is 7.13. The lowest BCUT2D eigenvalue weighted by molar-refractivity contribution is -0.131. The first-order chi connectivity index (χ1) is 13.4. The van der Waals surface area contributed by atoms with E-state index in [-0.39, 0.29) is 17.6 Å². The zero-order valence-corrected chi connectivity index (χ0v) is 18.3. The first kappa shape index (κ1) is 20.9. The summed E-state index contributed by atoms with van der Waals surface area (Å²) in [5.74, 6) is 0.623. The van der Waals surface area contributed by atoms with Gasteiger partial charge in [-0.05, 0) is 45.6 Å². The maximum absolute atomic E-state index is 12.3. The molecule has 28 heavy (non-hydrogen) atoms. The Balaban J connectivity index is 1.47. The topological polar surface area (TPSA) is 62.3 Å². The monoisotopic (exact) mass is 417 g/mol. The fraction of sp³-hybridized carbons (Fsp3) is 0.476. The van der Waals surface area contributed by atoms with Crippen molar-refractivity contribution < 1.29 is 9.59 Å². The fourth-order valence-electron chi connectivity index (χ4n) is 3.49. The van der Waals surface area contributed by atoms with Gasteiger partial charge in [0.05, 0.1) is 17.2 Å². The molecule has 1 saturated heterocycles. The average molecular weight is 418 g/mol. The van der Waals surface area contributed by atoms with Gasteiger partial charge in [0.2, 0.25) is 11.8 Å². The summed E-state index contributed by atoms with van der Waals surface area (Å²) in [5, 5.41) is 5.40. The highest BCUT2D eigenvalue weighted by molar-refractivity contribution is 8.00. The SMILES string of the molecule is Cc1ccc(-c2csc(NC(=O)CSCC(=O)N3CCCC[C@@H]3C)n2)c(C)c1. The van der Waals surface area contributed by atoms with Gasteiger partial charge < -0.3 is 10.2 Å². The molecule has 1 aromatic heterocycles. The van der Waals surface area contributed by atoms with Crippen LogP contribution in [0.4, 0.5) is 5.13 Å². The van der Waals surface area contributed by atoms with Crippen LogP contribution in [0.1, 0.15) is 37.3 Å². The van der Waals surface area contributed by atoms with Gasteiger partial charge >= 0.3 is 0 Å². The highest BCUT2D eigenvalue weighted by Gasteiger charge is 2.23. The molecule has 0 unspecified atom stereocenters. The number of carbonyl (C=O) groups excluding carboxylic acids is 2. The van der Waals surface area contributed by atoms with Crippen LogP contribution in [-0.2, 0) is 9.59 Å². The molecule has 0 radical (unpaired) electrons. The molecule has 1 aromatic carbocycles. The van der Waals surface area contributed by atoms with Crippen LogP contribution in [0.25, 0.3) is 11.3 Å². The van der Waals surface area contributed by atoms with Crippen LogP contribution in [0.5, 0.6) is 0 Å². The van der Waals surface area contributed by atoms with Crippen LogP contribution in [0.3, 0.4) is 0 Å². The highest BCUT2D eigenvalue weighted by Crippen LogP contribution is 2.28. The number of carbonyl (C=O) groups is 2. The number of nitrogens with zero attached hydrogens (tertiary/aromatic N) is 2. The first-order valence-electron chi connectivity index (χ1n) is 9.64. The Morgan fingerprint density at radius 2 is 2.11 bits per heavy atom. The van der Waals surface area contributed by atoms with Crippen LogP contribution in [0, 0.1) is 13.8 Å². The van der Waals surface area contributed by atoms with Gasteiger partial charge in [0.1, 0.15) is 0 Å². The van der Waals surface area contributed by atoms with Crippen molar-refractivity contribution in [3.63, 3.8) is 0 Å². The van der Waals surface area contributed by atoms with E-state index in [4.69, 9.17) is 0 Å². The first-order valence-corrected chi connectivity index (χ1v) is 11.7. The Morgan fingerprint density at radius 1 is 1.29 bits per heavy atom. The molecule has 0 saturated carbocycles. The maximum atomic E-state index is 12.3. The lowest BCUT2D eigenvalue weighted by Crippen LogP contribution is -2.43. The third-order valence-corrected chi connectivity index (χ3v) is 6.67. The minimum atomic E-state index is -0.119. The maximum Gasteiger partial charge on any atom is 0.236 e. The molecule has 1 atom stereocenters. The number of anilines is 1. The van der Waals surface area contributed by atoms with Crippen molar-refractivity contribution in [3.8, 4) is 11.3 Å². The minimum Gasteiger partial charge on any atom is -0.339 e. The highest BCUT2D eigenvalue weighted by atomic mass is 32.2. The lowest BCUT2D eigenvalue weighted by Gasteiger charge is -2.33. The second-order valence-electron chi connectivity index (χ2n) is 7.33. The number of nitrogens with one attached hydrogen (secondary N) is 1. The van der Waals surface area contributed by atoms with Gasteiger partial charge in [-0.2, -0.15) is 0 Å². The average Bonchev–Trinajstić information content (AvgIpc) is 3.10. The number of rotatable bonds is 6. The second kappa shape index (κ2) is 9.56. The molecule has 150 valence electrons. The summed E-state index contributed by atoms with van der Waals surface area (Å²) < 4.78 is 0. The van der Waals surface area contributed by atoms with Crippen LogP contribution >= 0.6 is 23.1 Å². The van der Waals surface area contributed by atoms with Crippen LogP contribution in [0.2, 0.25) is 0 Å². The molecular weight excluding hydrogens is 390 g/mol. The predicted molar refractivity (Wildman–Crippen MR) is 118 cm³/mol. The van der Waals surface area contributed by atoms with E-state index in [1.54, 1.807) is 0 Å². The molecule has 1 fully saturated rings. The van der Waals surface area contributed by atoms with Gasteiger partial charge in [-0.3, -0.25) is 9.59 Å². The Labute approximate surface area is 174 Å². The minimum absolute atomic E-state index is 0.119. The molecule has 2 aromatic rings. The number of thioether (sulfide) groups is 1. The van der Waals surface area contributed by atoms with E-state index in [2.05, 4.69) is 49.3 Å². The van der Waals surface area contributed by atoms with Crippen LogP contribution in [0.15, 0.2) is 23.6 Å². The molecule has 1 aliphatic rings. The Bertz CT molecular complexity index is 850. The van der Waals surface area contributed by atoms with Gasteiger partial charge in [0, 0.05) is 23.5 Å². The van der Waals surface area contributed by atoms with Crippen molar-refractivity contribution in [2.45, 2.75) is 46.1 Å². The quantitative estimate of drug-likeness (QED) is 0.752. The van der Waals surface area contributed by atoms with Crippen LogP contribution < -0.4 is 5.32 Å². The lowest BCUT2D eigenvalue weighted by atomic mass is 10.0. The number of thiazole rings is 1. The molecule has 0 bridgehead atoms. The second-order valence-corrected chi connectivity index (χ2v) is 9.17. The molecule has 1 aliphatic heterocycles. The van der Waals surface area contributed by atoms with Crippen molar-refractivity contribution in [1.29, 1.82) is 0 Å². The van der Waals surface area contributed by atoms with Crippen molar-refractivity contribution in [1.82, 2.24) is 9.88 Å². The summed E-state index contributed by atoms with van der Waals surface area (Å²) in [6.07, 6.45) is 3.34. The number of hydrogen-bond acceptors (Lipinski definition) is 5. The zero-order chi connectivity index (χ0) is 20.1. The van der Waals surface area contributed by atoms with E-state index >= 15 is 0 Å². The van der Waals surface area contributed by atoms with Gasteiger partial charge in [0.15, 0.2) is 5.13 Å². The summed E-state index contributed by atoms with van der Waals surface area (Å²) in [4.78, 5) is 31.0. The molecular formula is C21H27N3O2S2. The number of likely N-dealkylation sites (tertiary alicyclic amines) is 1. The Morgan fingerprint density at radius 3 is 2.86 bits per heavy atom. The zero-order valence-electron chi connectivity index (χ0n) is 16.7.